The Morgan fingerprint density at radius 2 is 1.89 bits per heavy atom. The summed E-state index contributed by atoms with van der Waals surface area (Å²) in [5.41, 5.74) is 0.291. The van der Waals surface area contributed by atoms with Crippen molar-refractivity contribution < 1.29 is 13.2 Å². The first-order valence-corrected chi connectivity index (χ1v) is 7.88. The normalized spacial score (nSPS) is 11.3. The second kappa shape index (κ2) is 6.36. The van der Waals surface area contributed by atoms with E-state index in [4.69, 9.17) is 23.2 Å². The number of hydrogen-bond acceptors (Lipinski definition) is 4. The van der Waals surface area contributed by atoms with Crippen LogP contribution in [-0.2, 0) is 9.84 Å². The summed E-state index contributed by atoms with van der Waals surface area (Å²) in [5, 5.41) is 2.83. The lowest BCUT2D eigenvalue weighted by Gasteiger charge is -2.05. The summed E-state index contributed by atoms with van der Waals surface area (Å²) < 4.78 is 21.8. The molecule has 18 heavy (non-hydrogen) atoms. The van der Waals surface area contributed by atoms with Crippen molar-refractivity contribution in [3.05, 3.63) is 28.0 Å². The summed E-state index contributed by atoms with van der Waals surface area (Å²) in [5.74, 6) is -0.333. The average molecular weight is 311 g/mol. The van der Waals surface area contributed by atoms with Crippen LogP contribution >= 0.6 is 23.2 Å². The van der Waals surface area contributed by atoms with Gasteiger partial charge in [-0.2, -0.15) is 0 Å². The summed E-state index contributed by atoms with van der Waals surface area (Å²) >= 11 is 11.3. The van der Waals surface area contributed by atoms with E-state index in [1.807, 2.05) is 0 Å². The number of aromatic nitrogens is 1. The van der Waals surface area contributed by atoms with Gasteiger partial charge >= 0.3 is 0 Å². The molecule has 0 fully saturated rings. The van der Waals surface area contributed by atoms with Gasteiger partial charge in [-0.05, 0) is 18.6 Å². The molecule has 1 aromatic heterocycles. The van der Waals surface area contributed by atoms with Crippen molar-refractivity contribution in [3.8, 4) is 0 Å². The molecule has 0 saturated carbocycles. The van der Waals surface area contributed by atoms with Gasteiger partial charge in [0.05, 0.1) is 5.75 Å². The summed E-state index contributed by atoms with van der Waals surface area (Å²) in [6.07, 6.45) is 1.51. The quantitative estimate of drug-likeness (QED) is 0.661. The molecule has 0 saturated heterocycles. The van der Waals surface area contributed by atoms with Crippen LogP contribution in [0.5, 0.6) is 0 Å². The molecule has 8 heteroatoms. The van der Waals surface area contributed by atoms with E-state index in [0.717, 1.165) is 6.26 Å². The van der Waals surface area contributed by atoms with Gasteiger partial charge in [0.2, 0.25) is 0 Å². The molecule has 0 aromatic carbocycles. The molecule has 0 bridgehead atoms. The zero-order valence-electron chi connectivity index (χ0n) is 9.61. The Hall–Kier alpha value is -0.850. The number of nitrogens with zero attached hydrogens (tertiary/aromatic N) is 1. The first kappa shape index (κ1) is 15.2. The fraction of sp³-hybridized carbons (Fsp3) is 0.400. The van der Waals surface area contributed by atoms with E-state index in [2.05, 4.69) is 10.3 Å². The molecule has 1 rings (SSSR count). The Morgan fingerprint density at radius 1 is 1.33 bits per heavy atom. The Bertz CT molecular complexity index is 526. The maximum Gasteiger partial charge on any atom is 0.251 e. The van der Waals surface area contributed by atoms with E-state index < -0.39 is 9.84 Å². The first-order valence-electron chi connectivity index (χ1n) is 5.07. The van der Waals surface area contributed by atoms with Crippen molar-refractivity contribution in [1.82, 2.24) is 10.3 Å². The number of sulfone groups is 1. The van der Waals surface area contributed by atoms with Crippen LogP contribution in [0.1, 0.15) is 16.8 Å². The van der Waals surface area contributed by atoms with Crippen molar-refractivity contribution >= 4 is 38.9 Å². The van der Waals surface area contributed by atoms with Crippen molar-refractivity contribution in [2.45, 2.75) is 6.42 Å². The third-order valence-electron chi connectivity index (χ3n) is 2.00. The maximum atomic E-state index is 11.7. The van der Waals surface area contributed by atoms with Crippen LogP contribution in [0.4, 0.5) is 0 Å². The lowest BCUT2D eigenvalue weighted by Crippen LogP contribution is -2.25. The molecule has 0 spiro atoms. The highest BCUT2D eigenvalue weighted by molar-refractivity contribution is 7.90. The third-order valence-corrected chi connectivity index (χ3v) is 3.42. The van der Waals surface area contributed by atoms with Gasteiger partial charge in [-0.25, -0.2) is 13.4 Å². The minimum absolute atomic E-state index is 0.0329. The van der Waals surface area contributed by atoms with Crippen LogP contribution in [0.25, 0.3) is 0 Å². The predicted octanol–water partition coefficient (Wildman–Crippen LogP) is 1.55. The summed E-state index contributed by atoms with van der Waals surface area (Å²) in [7, 11) is -3.00. The van der Waals surface area contributed by atoms with Crippen LogP contribution in [0.15, 0.2) is 12.1 Å². The molecule has 5 nitrogen and oxygen atoms in total. The molecule has 1 N–H and O–H groups in total. The van der Waals surface area contributed by atoms with Gasteiger partial charge in [0.1, 0.15) is 20.1 Å². The van der Waals surface area contributed by atoms with Crippen molar-refractivity contribution in [3.63, 3.8) is 0 Å². The smallest absolute Gasteiger partial charge is 0.251 e. The molecule has 0 radical (unpaired) electrons. The van der Waals surface area contributed by atoms with Gasteiger partial charge in [0.15, 0.2) is 0 Å². The minimum Gasteiger partial charge on any atom is -0.352 e. The molecule has 1 heterocycles. The minimum atomic E-state index is -3.00. The molecule has 0 aliphatic rings. The average Bonchev–Trinajstić information content (AvgIpc) is 2.21. The summed E-state index contributed by atoms with van der Waals surface area (Å²) in [4.78, 5) is 15.4. The van der Waals surface area contributed by atoms with Crippen LogP contribution < -0.4 is 5.32 Å². The summed E-state index contributed by atoms with van der Waals surface area (Å²) in [6, 6.07) is 2.78. The number of carbonyl (C=O) groups is 1. The highest BCUT2D eigenvalue weighted by Crippen LogP contribution is 2.14. The van der Waals surface area contributed by atoms with Gasteiger partial charge in [-0.3, -0.25) is 4.79 Å². The molecule has 1 amide bonds. The number of carbonyl (C=O) groups excluding carboxylic acids is 1. The van der Waals surface area contributed by atoms with Gasteiger partial charge in [-0.1, -0.05) is 23.2 Å². The molecule has 100 valence electrons. The maximum absolute atomic E-state index is 11.7. The standard InChI is InChI=1S/C10H12Cl2N2O3S/c1-18(16,17)4-2-3-13-10(15)7-5-8(11)14-9(12)6-7/h5-6H,2-4H2,1H3,(H,13,15). The van der Waals surface area contributed by atoms with Crippen LogP contribution in [0, 0.1) is 0 Å². The van der Waals surface area contributed by atoms with Gasteiger partial charge in [0, 0.05) is 18.4 Å². The monoisotopic (exact) mass is 310 g/mol. The van der Waals surface area contributed by atoms with E-state index in [-0.39, 0.29) is 28.5 Å². The molecule has 0 aliphatic heterocycles. The van der Waals surface area contributed by atoms with Gasteiger partial charge in [-0.15, -0.1) is 0 Å². The van der Waals surface area contributed by atoms with Gasteiger partial charge in [0.25, 0.3) is 5.91 Å². The van der Waals surface area contributed by atoms with E-state index in [1.54, 1.807) is 0 Å². The number of halogens is 2. The van der Waals surface area contributed by atoms with Crippen molar-refractivity contribution in [2.75, 3.05) is 18.6 Å². The highest BCUT2D eigenvalue weighted by Gasteiger charge is 2.08. The molecular weight excluding hydrogens is 299 g/mol. The topological polar surface area (TPSA) is 76.1 Å². The Balaban J connectivity index is 2.51. The number of pyridine rings is 1. The van der Waals surface area contributed by atoms with Crippen molar-refractivity contribution in [1.29, 1.82) is 0 Å². The molecule has 0 aliphatic carbocycles. The number of nitrogens with one attached hydrogen (secondary N) is 1. The largest absolute Gasteiger partial charge is 0.352 e. The fourth-order valence-electron chi connectivity index (χ4n) is 1.23. The lowest BCUT2D eigenvalue weighted by molar-refractivity contribution is 0.0953. The Labute approximate surface area is 115 Å². The van der Waals surface area contributed by atoms with Crippen LogP contribution in [0.3, 0.4) is 0 Å². The van der Waals surface area contributed by atoms with Crippen LogP contribution in [-0.4, -0.2) is 37.9 Å². The number of hydrogen-bond donors (Lipinski definition) is 1. The van der Waals surface area contributed by atoms with Gasteiger partial charge < -0.3 is 5.32 Å². The molecule has 0 unspecified atom stereocenters. The second-order valence-electron chi connectivity index (χ2n) is 3.74. The van der Waals surface area contributed by atoms with E-state index >= 15 is 0 Å². The number of amides is 1. The zero-order valence-corrected chi connectivity index (χ0v) is 11.9. The van der Waals surface area contributed by atoms with Crippen LogP contribution in [0.2, 0.25) is 10.3 Å². The van der Waals surface area contributed by atoms with E-state index in [1.165, 1.54) is 12.1 Å². The molecule has 0 atom stereocenters. The Morgan fingerprint density at radius 3 is 2.39 bits per heavy atom. The third kappa shape index (κ3) is 5.66. The fourth-order valence-corrected chi connectivity index (χ4v) is 2.36. The molecular formula is C10H12Cl2N2O3S. The van der Waals surface area contributed by atoms with E-state index in [0.29, 0.717) is 12.0 Å². The van der Waals surface area contributed by atoms with E-state index in [9.17, 15) is 13.2 Å². The number of rotatable bonds is 5. The summed E-state index contributed by atoms with van der Waals surface area (Å²) in [6.45, 7) is 0.267. The zero-order chi connectivity index (χ0) is 13.8. The SMILES string of the molecule is CS(=O)(=O)CCCNC(=O)c1cc(Cl)nc(Cl)c1. The van der Waals surface area contributed by atoms with Crippen molar-refractivity contribution in [2.24, 2.45) is 0 Å². The lowest BCUT2D eigenvalue weighted by atomic mass is 10.2. The first-order chi connectivity index (χ1) is 8.28. The highest BCUT2D eigenvalue weighted by atomic mass is 35.5. The predicted molar refractivity (Wildman–Crippen MR) is 70.9 cm³/mol. The second-order valence-corrected chi connectivity index (χ2v) is 6.77. The molecule has 1 aromatic rings. The Kier molecular flexibility index (Phi) is 5.37.